The normalized spacial score (nSPS) is 10.0. The van der Waals surface area contributed by atoms with Gasteiger partial charge in [-0.3, -0.25) is 0 Å². The van der Waals surface area contributed by atoms with Crippen molar-refractivity contribution in [3.63, 3.8) is 0 Å². The molecule has 0 atom stereocenters. The molecule has 0 fully saturated rings. The van der Waals surface area contributed by atoms with Crippen molar-refractivity contribution in [2.75, 3.05) is 7.11 Å². The molecule has 66 valence electrons. The Morgan fingerprint density at radius 2 is 2.17 bits per heavy atom. The van der Waals surface area contributed by atoms with Crippen LogP contribution < -0.4 is 4.74 Å². The average molecular weight is 189 g/mol. The number of rotatable bonds is 2. The van der Waals surface area contributed by atoms with Gasteiger partial charge in [0.05, 0.1) is 12.1 Å². The van der Waals surface area contributed by atoms with Crippen LogP contribution in [0.15, 0.2) is 12.1 Å². The van der Waals surface area contributed by atoms with Crippen molar-refractivity contribution in [3.05, 3.63) is 28.5 Å². The van der Waals surface area contributed by atoms with E-state index in [1.165, 1.54) is 13.2 Å². The molecule has 1 rings (SSSR count). The molecule has 0 spiro atoms. The third-order valence-electron chi connectivity index (χ3n) is 1.73. The van der Waals surface area contributed by atoms with Gasteiger partial charge in [-0.25, -0.2) is 4.39 Å². The van der Waals surface area contributed by atoms with Crippen LogP contribution in [0.3, 0.4) is 0 Å². The number of hydrogen-bond acceptors (Lipinski definition) is 1. The largest absolute Gasteiger partial charge is 0.496 e. The van der Waals surface area contributed by atoms with Crippen LogP contribution >= 0.6 is 11.6 Å². The van der Waals surface area contributed by atoms with Crippen molar-refractivity contribution in [2.24, 2.45) is 0 Å². The summed E-state index contributed by atoms with van der Waals surface area (Å²) >= 11 is 5.59. The summed E-state index contributed by atoms with van der Waals surface area (Å²) in [5.74, 6) is 0.179. The van der Waals surface area contributed by atoms with E-state index < -0.39 is 0 Å². The number of methoxy groups -OCH3 is 1. The molecular weight excluding hydrogens is 179 g/mol. The van der Waals surface area contributed by atoms with E-state index in [4.69, 9.17) is 16.3 Å². The van der Waals surface area contributed by atoms with Gasteiger partial charge in [-0.15, -0.1) is 0 Å². The zero-order valence-corrected chi connectivity index (χ0v) is 7.78. The van der Waals surface area contributed by atoms with E-state index in [-0.39, 0.29) is 10.8 Å². The van der Waals surface area contributed by atoms with E-state index in [9.17, 15) is 4.39 Å². The highest BCUT2D eigenvalue weighted by atomic mass is 35.5. The van der Waals surface area contributed by atoms with Crippen molar-refractivity contribution < 1.29 is 9.13 Å². The molecule has 0 radical (unpaired) electrons. The zero-order chi connectivity index (χ0) is 9.14. The average Bonchev–Trinajstić information content (AvgIpc) is 2.09. The lowest BCUT2D eigenvalue weighted by Gasteiger charge is -2.07. The molecule has 0 aliphatic carbocycles. The van der Waals surface area contributed by atoms with Crippen molar-refractivity contribution >= 4 is 11.6 Å². The highest BCUT2D eigenvalue weighted by Gasteiger charge is 2.10. The topological polar surface area (TPSA) is 9.23 Å². The van der Waals surface area contributed by atoms with Crippen LogP contribution in [0.5, 0.6) is 5.75 Å². The van der Waals surface area contributed by atoms with Crippen LogP contribution in [0.1, 0.15) is 12.5 Å². The first kappa shape index (κ1) is 9.33. The fourth-order valence-corrected chi connectivity index (χ4v) is 1.27. The van der Waals surface area contributed by atoms with Crippen molar-refractivity contribution in [3.8, 4) is 5.75 Å². The number of benzene rings is 1. The predicted molar refractivity (Wildman–Crippen MR) is 47.3 cm³/mol. The molecule has 3 heteroatoms. The highest BCUT2D eigenvalue weighted by molar-refractivity contribution is 6.30. The summed E-state index contributed by atoms with van der Waals surface area (Å²) < 4.78 is 18.2. The molecule has 0 saturated carbocycles. The van der Waals surface area contributed by atoms with Crippen LogP contribution in [0.25, 0.3) is 0 Å². The van der Waals surface area contributed by atoms with Crippen LogP contribution in [0, 0.1) is 5.82 Å². The monoisotopic (exact) mass is 188 g/mol. The van der Waals surface area contributed by atoms with Crippen LogP contribution in [0.2, 0.25) is 5.02 Å². The quantitative estimate of drug-likeness (QED) is 0.693. The molecule has 12 heavy (non-hydrogen) atoms. The molecule has 0 aliphatic heterocycles. The summed E-state index contributed by atoms with van der Waals surface area (Å²) in [7, 11) is 1.52. The SMILES string of the molecule is CCc1c(OC)ccc(Cl)c1F. The van der Waals surface area contributed by atoms with Crippen molar-refractivity contribution in [2.45, 2.75) is 13.3 Å². The fourth-order valence-electron chi connectivity index (χ4n) is 1.10. The van der Waals surface area contributed by atoms with Crippen LogP contribution in [0.4, 0.5) is 4.39 Å². The lowest BCUT2D eigenvalue weighted by molar-refractivity contribution is 0.405. The Morgan fingerprint density at radius 1 is 1.50 bits per heavy atom. The lowest BCUT2D eigenvalue weighted by Crippen LogP contribution is -1.94. The van der Waals surface area contributed by atoms with E-state index >= 15 is 0 Å². The van der Waals surface area contributed by atoms with Gasteiger partial charge in [0, 0.05) is 5.56 Å². The molecular formula is C9H10ClFO. The van der Waals surface area contributed by atoms with E-state index in [1.54, 1.807) is 6.07 Å². The molecule has 0 aliphatic rings. The van der Waals surface area contributed by atoms with Gasteiger partial charge in [0.15, 0.2) is 0 Å². The lowest BCUT2D eigenvalue weighted by atomic mass is 10.1. The molecule has 1 nitrogen and oxygen atoms in total. The van der Waals surface area contributed by atoms with Gasteiger partial charge in [-0.1, -0.05) is 18.5 Å². The highest BCUT2D eigenvalue weighted by Crippen LogP contribution is 2.27. The van der Waals surface area contributed by atoms with Gasteiger partial charge in [-0.05, 0) is 18.6 Å². The molecule has 0 aromatic heterocycles. The van der Waals surface area contributed by atoms with Gasteiger partial charge in [0.2, 0.25) is 0 Å². The van der Waals surface area contributed by atoms with Gasteiger partial charge in [0.1, 0.15) is 11.6 Å². The first-order valence-corrected chi connectivity index (χ1v) is 4.09. The molecule has 0 saturated heterocycles. The van der Waals surface area contributed by atoms with E-state index in [0.717, 1.165) is 0 Å². The Hall–Kier alpha value is -0.760. The van der Waals surface area contributed by atoms with E-state index in [2.05, 4.69) is 0 Å². The van der Waals surface area contributed by atoms with Crippen LogP contribution in [-0.2, 0) is 6.42 Å². The summed E-state index contributed by atoms with van der Waals surface area (Å²) in [4.78, 5) is 0. The van der Waals surface area contributed by atoms with Gasteiger partial charge < -0.3 is 4.74 Å². The second kappa shape index (κ2) is 3.76. The summed E-state index contributed by atoms with van der Waals surface area (Å²) in [5, 5.41) is 0.146. The molecule has 0 heterocycles. The van der Waals surface area contributed by atoms with Gasteiger partial charge in [0.25, 0.3) is 0 Å². The summed E-state index contributed by atoms with van der Waals surface area (Å²) in [5.41, 5.74) is 0.532. The Labute approximate surface area is 76.1 Å². The first-order valence-electron chi connectivity index (χ1n) is 3.71. The third-order valence-corrected chi connectivity index (χ3v) is 2.02. The molecule has 0 unspecified atom stereocenters. The summed E-state index contributed by atoms with van der Waals surface area (Å²) in [6, 6.07) is 3.17. The van der Waals surface area contributed by atoms with Crippen LogP contribution in [-0.4, -0.2) is 7.11 Å². The minimum absolute atomic E-state index is 0.146. The second-order valence-corrected chi connectivity index (χ2v) is 2.80. The smallest absolute Gasteiger partial charge is 0.148 e. The first-order chi connectivity index (χ1) is 5.70. The molecule has 0 amide bonds. The Morgan fingerprint density at radius 3 is 2.67 bits per heavy atom. The maximum atomic E-state index is 13.2. The summed E-state index contributed by atoms with van der Waals surface area (Å²) in [6.45, 7) is 1.86. The standard InChI is InChI=1S/C9H10ClFO/c1-3-6-8(12-2)5-4-7(10)9(6)11/h4-5H,3H2,1-2H3. The van der Waals surface area contributed by atoms with Gasteiger partial charge in [-0.2, -0.15) is 0 Å². The maximum Gasteiger partial charge on any atom is 0.148 e. The van der Waals surface area contributed by atoms with Gasteiger partial charge >= 0.3 is 0 Å². The van der Waals surface area contributed by atoms with Crippen molar-refractivity contribution in [1.82, 2.24) is 0 Å². The second-order valence-electron chi connectivity index (χ2n) is 2.40. The molecule has 0 bridgehead atoms. The predicted octanol–water partition coefficient (Wildman–Crippen LogP) is 3.05. The third kappa shape index (κ3) is 1.53. The number of halogens is 2. The molecule has 0 N–H and O–H groups in total. The fraction of sp³-hybridized carbons (Fsp3) is 0.333. The zero-order valence-electron chi connectivity index (χ0n) is 7.03. The number of hydrogen-bond donors (Lipinski definition) is 0. The van der Waals surface area contributed by atoms with Crippen molar-refractivity contribution in [1.29, 1.82) is 0 Å². The number of ether oxygens (including phenoxy) is 1. The Balaban J connectivity index is 3.25. The van der Waals surface area contributed by atoms with E-state index in [0.29, 0.717) is 17.7 Å². The minimum atomic E-state index is -0.376. The Bertz CT molecular complexity index is 286. The van der Waals surface area contributed by atoms with E-state index in [1.807, 2.05) is 6.92 Å². The summed E-state index contributed by atoms with van der Waals surface area (Å²) in [6.07, 6.45) is 0.579. The maximum absolute atomic E-state index is 13.2. The minimum Gasteiger partial charge on any atom is -0.496 e. The molecule has 1 aromatic rings. The molecule has 1 aromatic carbocycles. The Kier molecular flexibility index (Phi) is 2.93.